The summed E-state index contributed by atoms with van der Waals surface area (Å²) in [6.07, 6.45) is -0.808. The summed E-state index contributed by atoms with van der Waals surface area (Å²) in [4.78, 5) is 24.5. The molecule has 1 heterocycles. The van der Waals surface area contributed by atoms with Crippen LogP contribution in [0.1, 0.15) is 28.4 Å². The summed E-state index contributed by atoms with van der Waals surface area (Å²) >= 11 is 5.90. The van der Waals surface area contributed by atoms with Crippen LogP contribution in [0.3, 0.4) is 0 Å². The third-order valence-electron chi connectivity index (χ3n) is 5.56. The van der Waals surface area contributed by atoms with E-state index < -0.39 is 6.10 Å². The molecular weight excluding hydrogens is 482 g/mol. The molecule has 2 atom stereocenters. The molecule has 36 heavy (non-hydrogen) atoms. The first-order valence-electron chi connectivity index (χ1n) is 11.7. The maximum absolute atomic E-state index is 12.6. The predicted octanol–water partition coefficient (Wildman–Crippen LogP) is 4.20. The molecule has 2 unspecified atom stereocenters. The van der Waals surface area contributed by atoms with Crippen molar-refractivity contribution in [1.29, 1.82) is 0 Å². The average Bonchev–Trinajstić information content (AvgIpc) is 2.87. The van der Waals surface area contributed by atoms with Crippen LogP contribution in [0.4, 0.5) is 10.5 Å². The second-order valence-electron chi connectivity index (χ2n) is 8.36. The maximum Gasteiger partial charge on any atom is 0.319 e. The van der Waals surface area contributed by atoms with E-state index in [4.69, 9.17) is 21.1 Å². The lowest BCUT2D eigenvalue weighted by molar-refractivity contribution is 0.0845. The number of ether oxygens (including phenoxy) is 2. The zero-order chi connectivity index (χ0) is 25.3. The zero-order valence-corrected chi connectivity index (χ0v) is 20.3. The smallest absolute Gasteiger partial charge is 0.319 e. The molecule has 2 amide bonds. The van der Waals surface area contributed by atoms with Gasteiger partial charge in [-0.1, -0.05) is 48.0 Å². The van der Waals surface area contributed by atoms with E-state index in [9.17, 15) is 14.7 Å². The molecule has 188 valence electrons. The van der Waals surface area contributed by atoms with Crippen LogP contribution in [0, 0.1) is 0 Å². The van der Waals surface area contributed by atoms with E-state index in [-0.39, 0.29) is 31.1 Å². The van der Waals surface area contributed by atoms with Gasteiger partial charge in [0, 0.05) is 36.4 Å². The molecule has 8 nitrogen and oxygen atoms in total. The standard InChI is InChI=1S/C27H28ClN3O5/c28-19-7-4-8-20(13-19)31-27(34)30-12-11-29-16-21(32)17-35-22-9-10-23-24(33)15-25(36-26(23)14-22)18-5-2-1-3-6-18/h1-10,13-14,21,25,29,32H,11-12,15-17H2,(H2,30,31,34). The van der Waals surface area contributed by atoms with Gasteiger partial charge in [-0.3, -0.25) is 4.79 Å². The van der Waals surface area contributed by atoms with Crippen molar-refractivity contribution in [3.63, 3.8) is 0 Å². The molecule has 1 aliphatic rings. The number of amides is 2. The van der Waals surface area contributed by atoms with Crippen LogP contribution in [0.5, 0.6) is 11.5 Å². The summed E-state index contributed by atoms with van der Waals surface area (Å²) in [5, 5.41) is 19.2. The zero-order valence-electron chi connectivity index (χ0n) is 19.6. The lowest BCUT2D eigenvalue weighted by Gasteiger charge is -2.26. The Labute approximate surface area is 214 Å². The number of hydrogen-bond donors (Lipinski definition) is 4. The summed E-state index contributed by atoms with van der Waals surface area (Å²) < 4.78 is 11.8. The van der Waals surface area contributed by atoms with Gasteiger partial charge in [0.25, 0.3) is 0 Å². The van der Waals surface area contributed by atoms with Crippen LogP contribution >= 0.6 is 11.6 Å². The quantitative estimate of drug-likeness (QED) is 0.305. The maximum atomic E-state index is 12.6. The number of aliphatic hydroxyl groups is 1. The number of halogens is 1. The Hall–Kier alpha value is -3.59. The minimum absolute atomic E-state index is 0.0238. The number of Topliss-reactive ketones (excluding diaryl/α,β-unsaturated/α-hetero) is 1. The van der Waals surface area contributed by atoms with Crippen LogP contribution in [-0.4, -0.2) is 49.3 Å². The number of rotatable bonds is 10. The Bertz CT molecular complexity index is 1190. The summed E-state index contributed by atoms with van der Waals surface area (Å²) in [6.45, 7) is 1.19. The molecule has 3 aromatic rings. The third kappa shape index (κ3) is 7.21. The van der Waals surface area contributed by atoms with Gasteiger partial charge in [-0.2, -0.15) is 0 Å². The number of carbonyl (C=O) groups is 2. The van der Waals surface area contributed by atoms with Crippen molar-refractivity contribution in [1.82, 2.24) is 10.6 Å². The van der Waals surface area contributed by atoms with Crippen LogP contribution in [0.2, 0.25) is 5.02 Å². The van der Waals surface area contributed by atoms with Crippen molar-refractivity contribution >= 4 is 29.1 Å². The van der Waals surface area contributed by atoms with Crippen LogP contribution in [0.25, 0.3) is 0 Å². The monoisotopic (exact) mass is 509 g/mol. The molecule has 0 saturated carbocycles. The van der Waals surface area contributed by atoms with Gasteiger partial charge in [-0.15, -0.1) is 0 Å². The molecule has 0 bridgehead atoms. The minimum Gasteiger partial charge on any atom is -0.491 e. The molecule has 4 rings (SSSR count). The SMILES string of the molecule is O=C(NCCNCC(O)COc1ccc2c(c1)OC(c1ccccc1)CC2=O)Nc1cccc(Cl)c1. The predicted molar refractivity (Wildman–Crippen MR) is 138 cm³/mol. The van der Waals surface area contributed by atoms with Gasteiger partial charge in [0.2, 0.25) is 0 Å². The van der Waals surface area contributed by atoms with E-state index in [1.54, 1.807) is 42.5 Å². The summed E-state index contributed by atoms with van der Waals surface area (Å²) in [7, 11) is 0. The number of nitrogens with one attached hydrogen (secondary N) is 3. The Morgan fingerprint density at radius 2 is 1.92 bits per heavy atom. The Morgan fingerprint density at radius 3 is 2.72 bits per heavy atom. The number of ketones is 1. The summed E-state index contributed by atoms with van der Waals surface area (Å²) in [6, 6.07) is 21.2. The number of hydrogen-bond acceptors (Lipinski definition) is 6. The molecule has 0 spiro atoms. The lowest BCUT2D eigenvalue weighted by Crippen LogP contribution is -2.38. The molecule has 9 heteroatoms. The number of fused-ring (bicyclic) bond motifs is 1. The molecule has 0 aliphatic carbocycles. The first-order chi connectivity index (χ1) is 17.5. The molecule has 0 aromatic heterocycles. The normalized spacial score (nSPS) is 15.4. The number of urea groups is 1. The number of aliphatic hydroxyl groups excluding tert-OH is 1. The first kappa shape index (κ1) is 25.5. The van der Waals surface area contributed by atoms with Crippen molar-refractivity contribution in [2.75, 3.05) is 31.6 Å². The number of anilines is 1. The Morgan fingerprint density at radius 1 is 1.08 bits per heavy atom. The third-order valence-corrected chi connectivity index (χ3v) is 5.79. The number of carbonyl (C=O) groups excluding carboxylic acids is 2. The highest BCUT2D eigenvalue weighted by Crippen LogP contribution is 2.37. The number of benzene rings is 3. The van der Waals surface area contributed by atoms with E-state index in [0.717, 1.165) is 5.56 Å². The lowest BCUT2D eigenvalue weighted by atomic mass is 9.96. The highest BCUT2D eigenvalue weighted by atomic mass is 35.5. The van der Waals surface area contributed by atoms with Gasteiger partial charge in [0.15, 0.2) is 5.78 Å². The van der Waals surface area contributed by atoms with Gasteiger partial charge in [0.05, 0.1) is 12.0 Å². The van der Waals surface area contributed by atoms with Crippen LogP contribution < -0.4 is 25.4 Å². The molecule has 3 aromatic carbocycles. The first-order valence-corrected chi connectivity index (χ1v) is 12.1. The highest BCUT2D eigenvalue weighted by Gasteiger charge is 2.28. The summed E-state index contributed by atoms with van der Waals surface area (Å²) in [5.74, 6) is 1.01. The van der Waals surface area contributed by atoms with Crippen molar-refractivity contribution < 1.29 is 24.2 Å². The van der Waals surface area contributed by atoms with E-state index in [0.29, 0.717) is 47.3 Å². The van der Waals surface area contributed by atoms with Crippen molar-refractivity contribution in [3.05, 3.63) is 88.9 Å². The van der Waals surface area contributed by atoms with Gasteiger partial charge in [0.1, 0.15) is 30.3 Å². The van der Waals surface area contributed by atoms with E-state index in [1.807, 2.05) is 30.3 Å². The molecule has 0 saturated heterocycles. The molecule has 0 fully saturated rings. The van der Waals surface area contributed by atoms with Crippen molar-refractivity contribution in [2.24, 2.45) is 0 Å². The minimum atomic E-state index is -0.763. The molecule has 0 radical (unpaired) electrons. The Balaban J connectivity index is 1.17. The van der Waals surface area contributed by atoms with E-state index in [2.05, 4.69) is 16.0 Å². The van der Waals surface area contributed by atoms with Gasteiger partial charge < -0.3 is 30.5 Å². The highest BCUT2D eigenvalue weighted by molar-refractivity contribution is 6.30. The van der Waals surface area contributed by atoms with Crippen LogP contribution in [0.15, 0.2) is 72.8 Å². The summed E-state index contributed by atoms with van der Waals surface area (Å²) in [5.41, 5.74) is 2.08. The van der Waals surface area contributed by atoms with Crippen molar-refractivity contribution in [2.45, 2.75) is 18.6 Å². The van der Waals surface area contributed by atoms with Crippen molar-refractivity contribution in [3.8, 4) is 11.5 Å². The van der Waals surface area contributed by atoms with E-state index in [1.165, 1.54) is 0 Å². The van der Waals surface area contributed by atoms with E-state index >= 15 is 0 Å². The fraction of sp³-hybridized carbons (Fsp3) is 0.259. The van der Waals surface area contributed by atoms with Crippen LogP contribution in [-0.2, 0) is 0 Å². The fourth-order valence-corrected chi connectivity index (χ4v) is 3.96. The largest absolute Gasteiger partial charge is 0.491 e. The Kier molecular flexibility index (Phi) is 8.78. The topological polar surface area (TPSA) is 109 Å². The average molecular weight is 510 g/mol. The van der Waals surface area contributed by atoms with Gasteiger partial charge in [-0.25, -0.2) is 4.79 Å². The van der Waals surface area contributed by atoms with Gasteiger partial charge >= 0.3 is 6.03 Å². The van der Waals surface area contributed by atoms with Gasteiger partial charge in [-0.05, 0) is 35.9 Å². The molecular formula is C27H28ClN3O5. The second-order valence-corrected chi connectivity index (χ2v) is 8.80. The fourth-order valence-electron chi connectivity index (χ4n) is 3.77. The molecule has 4 N–H and O–H groups in total. The second kappa shape index (κ2) is 12.4. The molecule has 1 aliphatic heterocycles.